The molecule has 1 N–H and O–H groups in total. The Morgan fingerprint density at radius 1 is 0.912 bits per heavy atom. The van der Waals surface area contributed by atoms with Gasteiger partial charge in [0.2, 0.25) is 5.91 Å². The lowest BCUT2D eigenvalue weighted by molar-refractivity contribution is -0.132. The van der Waals surface area contributed by atoms with Crippen LogP contribution in [0.4, 0.5) is 5.69 Å². The van der Waals surface area contributed by atoms with Crippen LogP contribution in [0.3, 0.4) is 0 Å². The first-order valence-electron chi connectivity index (χ1n) is 11.7. The minimum absolute atomic E-state index is 0.0906. The predicted octanol–water partition coefficient (Wildman–Crippen LogP) is 5.26. The molecule has 0 saturated carbocycles. The SMILES string of the molecule is CC1(C(=O)Nc2cccc3ncccc23)CCN1C(=O)c1ccccc1CCc1ccccc1. The van der Waals surface area contributed by atoms with E-state index in [9.17, 15) is 9.59 Å². The smallest absolute Gasteiger partial charge is 0.255 e. The summed E-state index contributed by atoms with van der Waals surface area (Å²) in [5.41, 5.74) is 3.55. The summed E-state index contributed by atoms with van der Waals surface area (Å²) in [6.07, 6.45) is 3.99. The van der Waals surface area contributed by atoms with Gasteiger partial charge in [0.15, 0.2) is 0 Å². The molecule has 2 amide bonds. The molecule has 1 unspecified atom stereocenters. The molecule has 5 rings (SSSR count). The number of fused-ring (bicyclic) bond motifs is 1. The lowest BCUT2D eigenvalue weighted by atomic mass is 9.84. The summed E-state index contributed by atoms with van der Waals surface area (Å²) >= 11 is 0. The van der Waals surface area contributed by atoms with Gasteiger partial charge in [0.1, 0.15) is 5.54 Å². The minimum Gasteiger partial charge on any atom is -0.324 e. The quantitative estimate of drug-likeness (QED) is 0.437. The van der Waals surface area contributed by atoms with Crippen molar-refractivity contribution in [1.29, 1.82) is 0 Å². The molecule has 1 aliphatic heterocycles. The zero-order valence-electron chi connectivity index (χ0n) is 19.2. The number of anilines is 1. The second-order valence-corrected chi connectivity index (χ2v) is 8.95. The molecule has 3 aromatic carbocycles. The van der Waals surface area contributed by atoms with E-state index < -0.39 is 5.54 Å². The highest BCUT2D eigenvalue weighted by Crippen LogP contribution is 2.34. The number of likely N-dealkylation sites (tertiary alicyclic amines) is 1. The molecule has 1 saturated heterocycles. The van der Waals surface area contributed by atoms with Gasteiger partial charge in [0.25, 0.3) is 5.91 Å². The van der Waals surface area contributed by atoms with E-state index in [0.29, 0.717) is 24.2 Å². The molecule has 0 aliphatic carbocycles. The van der Waals surface area contributed by atoms with Crippen molar-refractivity contribution >= 4 is 28.4 Å². The Hall–Kier alpha value is -3.99. The molecular weight excluding hydrogens is 422 g/mol. The van der Waals surface area contributed by atoms with E-state index in [4.69, 9.17) is 0 Å². The molecule has 1 aliphatic rings. The highest BCUT2D eigenvalue weighted by atomic mass is 16.2. The Bertz CT molecular complexity index is 1350. The normalized spacial score (nSPS) is 17.3. The van der Waals surface area contributed by atoms with Crippen LogP contribution in [0.2, 0.25) is 0 Å². The third kappa shape index (κ3) is 4.05. The number of nitrogens with zero attached hydrogens (tertiary/aromatic N) is 2. The van der Waals surface area contributed by atoms with Crippen LogP contribution in [-0.4, -0.2) is 33.8 Å². The maximum atomic E-state index is 13.6. The maximum Gasteiger partial charge on any atom is 0.255 e. The van der Waals surface area contributed by atoms with Crippen molar-refractivity contribution in [2.24, 2.45) is 0 Å². The van der Waals surface area contributed by atoms with E-state index in [1.807, 2.05) is 79.7 Å². The van der Waals surface area contributed by atoms with E-state index in [1.165, 1.54) is 5.56 Å². The van der Waals surface area contributed by atoms with E-state index in [0.717, 1.165) is 29.3 Å². The molecular formula is C29H27N3O2. The number of aryl methyl sites for hydroxylation is 2. The van der Waals surface area contributed by atoms with Gasteiger partial charge in [-0.15, -0.1) is 0 Å². The first kappa shape index (κ1) is 21.8. The topological polar surface area (TPSA) is 62.3 Å². The summed E-state index contributed by atoms with van der Waals surface area (Å²) < 4.78 is 0. The molecule has 0 spiro atoms. The number of nitrogens with one attached hydrogen (secondary N) is 1. The zero-order chi connectivity index (χ0) is 23.5. The van der Waals surface area contributed by atoms with Gasteiger partial charge >= 0.3 is 0 Å². The van der Waals surface area contributed by atoms with Crippen molar-refractivity contribution in [2.75, 3.05) is 11.9 Å². The van der Waals surface area contributed by atoms with E-state index in [-0.39, 0.29) is 11.8 Å². The minimum atomic E-state index is -0.895. The van der Waals surface area contributed by atoms with Gasteiger partial charge in [-0.3, -0.25) is 14.6 Å². The number of rotatable bonds is 6. The molecule has 0 radical (unpaired) electrons. The van der Waals surface area contributed by atoms with Gasteiger partial charge in [-0.05, 0) is 67.6 Å². The third-order valence-corrected chi connectivity index (χ3v) is 6.82. The highest BCUT2D eigenvalue weighted by molar-refractivity contribution is 6.08. The molecule has 5 heteroatoms. The standard InChI is InChI=1S/C29H27N3O2/c1-29(28(34)31-26-15-7-14-25-24(26)13-8-19-30-25)18-20-32(29)27(33)23-12-6-5-11-22(23)17-16-21-9-3-2-4-10-21/h2-15,19H,16-18,20H2,1H3,(H,31,34). The summed E-state index contributed by atoms with van der Waals surface area (Å²) in [7, 11) is 0. The van der Waals surface area contributed by atoms with E-state index in [2.05, 4.69) is 22.4 Å². The first-order chi connectivity index (χ1) is 16.6. The van der Waals surface area contributed by atoms with Crippen LogP contribution in [0.5, 0.6) is 0 Å². The van der Waals surface area contributed by atoms with Crippen LogP contribution in [0.15, 0.2) is 91.1 Å². The summed E-state index contributed by atoms with van der Waals surface area (Å²) in [5, 5.41) is 3.93. The van der Waals surface area contributed by atoms with Crippen molar-refractivity contribution < 1.29 is 9.59 Å². The molecule has 5 nitrogen and oxygen atoms in total. The monoisotopic (exact) mass is 449 g/mol. The Labute approximate surface area is 199 Å². The van der Waals surface area contributed by atoms with Crippen LogP contribution in [0, 0.1) is 0 Å². The van der Waals surface area contributed by atoms with Crippen molar-refractivity contribution in [3.63, 3.8) is 0 Å². The van der Waals surface area contributed by atoms with Gasteiger partial charge in [0.05, 0.1) is 11.2 Å². The number of benzene rings is 3. The molecule has 2 heterocycles. The summed E-state index contributed by atoms with van der Waals surface area (Å²) in [6.45, 7) is 2.41. The average molecular weight is 450 g/mol. The fourth-order valence-corrected chi connectivity index (χ4v) is 4.61. The van der Waals surface area contributed by atoms with Crippen LogP contribution in [0.25, 0.3) is 10.9 Å². The van der Waals surface area contributed by atoms with Crippen molar-refractivity contribution in [3.8, 4) is 0 Å². The largest absolute Gasteiger partial charge is 0.324 e. The average Bonchev–Trinajstić information content (AvgIpc) is 2.87. The van der Waals surface area contributed by atoms with Crippen LogP contribution in [0.1, 0.15) is 34.8 Å². The van der Waals surface area contributed by atoms with Crippen LogP contribution < -0.4 is 5.32 Å². The lowest BCUT2D eigenvalue weighted by Crippen LogP contribution is -2.66. The Morgan fingerprint density at radius 3 is 2.50 bits per heavy atom. The van der Waals surface area contributed by atoms with Crippen molar-refractivity contribution in [3.05, 3.63) is 108 Å². The van der Waals surface area contributed by atoms with Crippen LogP contribution >= 0.6 is 0 Å². The van der Waals surface area contributed by atoms with Gasteiger partial charge < -0.3 is 10.2 Å². The summed E-state index contributed by atoms with van der Waals surface area (Å²) in [6, 6.07) is 27.5. The summed E-state index contributed by atoms with van der Waals surface area (Å²) in [5.74, 6) is -0.266. The maximum absolute atomic E-state index is 13.6. The second-order valence-electron chi connectivity index (χ2n) is 8.95. The number of carbonyl (C=O) groups excluding carboxylic acids is 2. The van der Waals surface area contributed by atoms with Crippen LogP contribution in [-0.2, 0) is 17.6 Å². The molecule has 1 atom stereocenters. The van der Waals surface area contributed by atoms with Crippen molar-refractivity contribution in [1.82, 2.24) is 9.88 Å². The van der Waals surface area contributed by atoms with Crippen molar-refractivity contribution in [2.45, 2.75) is 31.7 Å². The van der Waals surface area contributed by atoms with Gasteiger partial charge in [-0.25, -0.2) is 0 Å². The number of hydrogen-bond donors (Lipinski definition) is 1. The highest BCUT2D eigenvalue weighted by Gasteiger charge is 2.49. The molecule has 170 valence electrons. The fraction of sp³-hybridized carbons (Fsp3) is 0.207. The first-order valence-corrected chi connectivity index (χ1v) is 11.7. The van der Waals surface area contributed by atoms with Gasteiger partial charge in [0, 0.05) is 23.7 Å². The summed E-state index contributed by atoms with van der Waals surface area (Å²) in [4.78, 5) is 33.0. The number of aromatic nitrogens is 1. The molecule has 1 fully saturated rings. The molecule has 4 aromatic rings. The molecule has 0 bridgehead atoms. The number of carbonyl (C=O) groups is 2. The Morgan fingerprint density at radius 2 is 1.71 bits per heavy atom. The molecule has 34 heavy (non-hydrogen) atoms. The zero-order valence-corrected chi connectivity index (χ0v) is 19.2. The third-order valence-electron chi connectivity index (χ3n) is 6.82. The Kier molecular flexibility index (Phi) is 5.84. The molecule has 1 aromatic heterocycles. The van der Waals surface area contributed by atoms with E-state index >= 15 is 0 Å². The van der Waals surface area contributed by atoms with Gasteiger partial charge in [-0.2, -0.15) is 0 Å². The predicted molar refractivity (Wildman–Crippen MR) is 135 cm³/mol. The van der Waals surface area contributed by atoms with E-state index in [1.54, 1.807) is 11.1 Å². The van der Waals surface area contributed by atoms with Gasteiger partial charge in [-0.1, -0.05) is 54.6 Å². The Balaban J connectivity index is 1.34. The number of pyridine rings is 1. The number of amides is 2. The number of hydrogen-bond acceptors (Lipinski definition) is 3. The fourth-order valence-electron chi connectivity index (χ4n) is 4.61. The lowest BCUT2D eigenvalue weighted by Gasteiger charge is -2.49. The second kappa shape index (κ2) is 9.10.